The summed E-state index contributed by atoms with van der Waals surface area (Å²) in [4.78, 5) is 2.86. The first-order valence-corrected chi connectivity index (χ1v) is 10.4. The molecule has 0 aliphatic carbocycles. The lowest BCUT2D eigenvalue weighted by molar-refractivity contribution is -0.142. The van der Waals surface area contributed by atoms with E-state index in [1.54, 1.807) is 12.1 Å². The molecule has 0 aliphatic rings. The lowest BCUT2D eigenvalue weighted by atomic mass is 9.86. The highest BCUT2D eigenvalue weighted by Crippen LogP contribution is 2.44. The summed E-state index contributed by atoms with van der Waals surface area (Å²) in [7, 11) is 0. The minimum atomic E-state index is -4.93. The van der Waals surface area contributed by atoms with Crippen LogP contribution < -0.4 is 5.73 Å². The summed E-state index contributed by atoms with van der Waals surface area (Å²) in [6, 6.07) is 8.30. The van der Waals surface area contributed by atoms with Gasteiger partial charge in [-0.1, -0.05) is 45.0 Å². The molecule has 0 radical (unpaired) electrons. The monoisotopic (exact) mass is 456 g/mol. The molecule has 0 fully saturated rings. The van der Waals surface area contributed by atoms with Gasteiger partial charge in [0.1, 0.15) is 0 Å². The topological polar surface area (TPSA) is 41.8 Å². The summed E-state index contributed by atoms with van der Waals surface area (Å²) < 4.78 is 81.5. The number of halogens is 6. The molecule has 0 unspecified atom stereocenters. The summed E-state index contributed by atoms with van der Waals surface area (Å²) in [5, 5.41) is -0.211. The average Bonchev–Trinajstić information content (AvgIpc) is 3.04. The third-order valence-electron chi connectivity index (χ3n) is 5.55. The van der Waals surface area contributed by atoms with E-state index >= 15 is 0 Å². The predicted molar refractivity (Wildman–Crippen MR) is 114 cm³/mol. The zero-order chi connectivity index (χ0) is 23.9. The zero-order valence-electron chi connectivity index (χ0n) is 18.1. The number of nitrogens with two attached hydrogens (primary N) is 1. The van der Waals surface area contributed by atoms with Gasteiger partial charge in [0, 0.05) is 16.6 Å². The van der Waals surface area contributed by atoms with Gasteiger partial charge in [-0.2, -0.15) is 26.3 Å². The Morgan fingerprint density at radius 3 is 1.94 bits per heavy atom. The van der Waals surface area contributed by atoms with Crippen LogP contribution >= 0.6 is 0 Å². The van der Waals surface area contributed by atoms with Crippen LogP contribution in [0.2, 0.25) is 0 Å². The number of unbranched alkanes of at least 4 members (excludes halogenated alkanes) is 1. The molecule has 0 aliphatic heterocycles. The van der Waals surface area contributed by atoms with Crippen LogP contribution in [-0.2, 0) is 24.2 Å². The number of fused-ring (bicyclic) bond motifs is 1. The molecule has 0 bridgehead atoms. The molecule has 8 heteroatoms. The molecular formula is C24H26F6N2. The van der Waals surface area contributed by atoms with Gasteiger partial charge in [0.25, 0.3) is 0 Å². The zero-order valence-corrected chi connectivity index (χ0v) is 18.1. The highest BCUT2D eigenvalue weighted by molar-refractivity contribution is 5.94. The molecule has 0 atom stereocenters. The van der Waals surface area contributed by atoms with E-state index in [9.17, 15) is 26.3 Å². The molecule has 1 aromatic heterocycles. The Labute approximate surface area is 182 Å². The SMILES string of the molecule is CC(C)(C)c1ccc(-c2[nH]c3cc(C(F)(F)F)cc(C(F)(F)F)c3c2CCCCN)cc1. The number of rotatable bonds is 5. The molecular weight excluding hydrogens is 430 g/mol. The van der Waals surface area contributed by atoms with Crippen molar-refractivity contribution in [3.63, 3.8) is 0 Å². The van der Waals surface area contributed by atoms with E-state index in [-0.39, 0.29) is 28.8 Å². The molecule has 32 heavy (non-hydrogen) atoms. The molecule has 2 aromatic carbocycles. The average molecular weight is 456 g/mol. The van der Waals surface area contributed by atoms with Crippen molar-refractivity contribution in [3.8, 4) is 11.3 Å². The van der Waals surface area contributed by atoms with Crippen molar-refractivity contribution in [2.45, 2.75) is 57.8 Å². The molecule has 2 nitrogen and oxygen atoms in total. The van der Waals surface area contributed by atoms with Gasteiger partial charge in [-0.15, -0.1) is 0 Å². The van der Waals surface area contributed by atoms with Crippen molar-refractivity contribution >= 4 is 10.9 Å². The van der Waals surface area contributed by atoms with Crippen molar-refractivity contribution < 1.29 is 26.3 Å². The molecule has 174 valence electrons. The van der Waals surface area contributed by atoms with Crippen LogP contribution in [0, 0.1) is 0 Å². The maximum Gasteiger partial charge on any atom is 0.417 e. The molecule has 0 saturated heterocycles. The molecule has 3 N–H and O–H groups in total. The van der Waals surface area contributed by atoms with Crippen LogP contribution in [0.25, 0.3) is 22.2 Å². The second-order valence-electron chi connectivity index (χ2n) is 8.99. The number of aromatic amines is 1. The first kappa shape index (κ1) is 24.2. The summed E-state index contributed by atoms with van der Waals surface area (Å²) in [5.41, 5.74) is 5.06. The number of hydrogen-bond acceptors (Lipinski definition) is 1. The van der Waals surface area contributed by atoms with Crippen LogP contribution in [0.15, 0.2) is 36.4 Å². The smallest absolute Gasteiger partial charge is 0.354 e. The van der Waals surface area contributed by atoms with Gasteiger partial charge < -0.3 is 10.7 Å². The Bertz CT molecular complexity index is 1080. The van der Waals surface area contributed by atoms with Crippen molar-refractivity contribution in [1.82, 2.24) is 4.98 Å². The van der Waals surface area contributed by atoms with Crippen LogP contribution in [0.5, 0.6) is 0 Å². The van der Waals surface area contributed by atoms with Crippen LogP contribution in [0.4, 0.5) is 26.3 Å². The number of nitrogens with one attached hydrogen (secondary N) is 1. The lowest BCUT2D eigenvalue weighted by Crippen LogP contribution is -2.11. The number of benzene rings is 2. The number of hydrogen-bond donors (Lipinski definition) is 2. The van der Waals surface area contributed by atoms with Gasteiger partial charge in [-0.05, 0) is 60.0 Å². The minimum absolute atomic E-state index is 0.117. The number of aromatic nitrogens is 1. The number of alkyl halides is 6. The number of H-pyrrole nitrogens is 1. The second kappa shape index (κ2) is 8.46. The van der Waals surface area contributed by atoms with E-state index in [2.05, 4.69) is 4.98 Å². The van der Waals surface area contributed by atoms with Crippen LogP contribution in [0.3, 0.4) is 0 Å². The standard InChI is InChI=1S/C24H26F6N2/c1-22(2,3)15-9-7-14(8-10-15)21-17(6-4-5-11-31)20-18(24(28,29)30)12-16(23(25,26)27)13-19(20)32-21/h7-10,12-13,32H,4-6,11,31H2,1-3H3. The fraction of sp³-hybridized carbons (Fsp3) is 0.417. The van der Waals surface area contributed by atoms with Crippen molar-refractivity contribution in [3.05, 3.63) is 58.7 Å². The van der Waals surface area contributed by atoms with Crippen LogP contribution in [-0.4, -0.2) is 11.5 Å². The molecule has 3 rings (SSSR count). The van der Waals surface area contributed by atoms with Gasteiger partial charge in [0.15, 0.2) is 0 Å². The van der Waals surface area contributed by atoms with Crippen LogP contribution in [0.1, 0.15) is 55.9 Å². The maximum absolute atomic E-state index is 13.8. The van der Waals surface area contributed by atoms with Gasteiger partial charge in [-0.3, -0.25) is 0 Å². The summed E-state index contributed by atoms with van der Waals surface area (Å²) in [5.74, 6) is 0. The molecule has 0 spiro atoms. The summed E-state index contributed by atoms with van der Waals surface area (Å²) in [6.45, 7) is 6.49. The fourth-order valence-corrected chi connectivity index (χ4v) is 3.87. The number of aryl methyl sites for hydroxylation is 1. The largest absolute Gasteiger partial charge is 0.417 e. The van der Waals surface area contributed by atoms with E-state index in [0.717, 1.165) is 11.6 Å². The molecule has 3 aromatic rings. The highest BCUT2D eigenvalue weighted by Gasteiger charge is 2.39. The summed E-state index contributed by atoms with van der Waals surface area (Å²) in [6.07, 6.45) is -8.45. The first-order valence-electron chi connectivity index (χ1n) is 10.4. The normalized spacial score (nSPS) is 13.2. The Kier molecular flexibility index (Phi) is 6.39. The van der Waals surface area contributed by atoms with E-state index in [4.69, 9.17) is 5.73 Å². The van der Waals surface area contributed by atoms with Crippen molar-refractivity contribution in [2.24, 2.45) is 5.73 Å². The Hall–Kier alpha value is -2.48. The van der Waals surface area contributed by atoms with E-state index in [1.165, 1.54) is 0 Å². The van der Waals surface area contributed by atoms with Gasteiger partial charge in [0.2, 0.25) is 0 Å². The third-order valence-corrected chi connectivity index (χ3v) is 5.55. The van der Waals surface area contributed by atoms with E-state index in [1.807, 2.05) is 32.9 Å². The van der Waals surface area contributed by atoms with Gasteiger partial charge in [0.05, 0.1) is 11.1 Å². The van der Waals surface area contributed by atoms with Gasteiger partial charge >= 0.3 is 12.4 Å². The van der Waals surface area contributed by atoms with Crippen molar-refractivity contribution in [2.75, 3.05) is 6.54 Å². The maximum atomic E-state index is 13.8. The molecule has 0 saturated carbocycles. The Morgan fingerprint density at radius 1 is 0.812 bits per heavy atom. The van der Waals surface area contributed by atoms with Crippen molar-refractivity contribution in [1.29, 1.82) is 0 Å². The van der Waals surface area contributed by atoms with E-state index < -0.39 is 23.5 Å². The summed E-state index contributed by atoms with van der Waals surface area (Å²) >= 11 is 0. The first-order chi connectivity index (χ1) is 14.7. The van der Waals surface area contributed by atoms with Gasteiger partial charge in [-0.25, -0.2) is 0 Å². The lowest BCUT2D eigenvalue weighted by Gasteiger charge is -2.19. The third kappa shape index (κ3) is 4.95. The Morgan fingerprint density at radius 2 is 1.44 bits per heavy atom. The van der Waals surface area contributed by atoms with E-state index in [0.29, 0.717) is 36.2 Å². The fourth-order valence-electron chi connectivity index (χ4n) is 3.87. The molecule has 0 amide bonds. The quantitative estimate of drug-likeness (QED) is 0.304. The Balaban J connectivity index is 2.29. The second-order valence-corrected chi connectivity index (χ2v) is 8.99. The molecule has 1 heterocycles. The minimum Gasteiger partial charge on any atom is -0.354 e. The predicted octanol–water partition coefficient (Wildman–Crippen LogP) is 7.45. The highest BCUT2D eigenvalue weighted by atomic mass is 19.4.